The number of benzene rings is 1. The van der Waals surface area contributed by atoms with E-state index in [-0.39, 0.29) is 0 Å². The van der Waals surface area contributed by atoms with E-state index >= 15 is 0 Å². The smallest absolute Gasteiger partial charge is 0.127 e. The lowest BCUT2D eigenvalue weighted by molar-refractivity contribution is 0.681. The number of pyridine rings is 1. The quantitative estimate of drug-likeness (QED) is 0.490. The van der Waals surface area contributed by atoms with Gasteiger partial charge in [-0.25, -0.2) is 15.0 Å². The topological polar surface area (TPSA) is 81.8 Å². The molecule has 0 saturated carbocycles. The molecule has 142 valence electrons. The average Bonchev–Trinajstić information content (AvgIpc) is 3.09. The first-order valence-corrected chi connectivity index (χ1v) is 11.2. The van der Waals surface area contributed by atoms with Crippen LogP contribution in [0.15, 0.2) is 59.3 Å². The Kier molecular flexibility index (Phi) is 5.45. The Hall–Kier alpha value is -2.64. The molecule has 0 aliphatic rings. The number of nitrogens with two attached hydrogens (primary N) is 1. The van der Waals surface area contributed by atoms with Crippen LogP contribution in [0, 0.1) is 0 Å². The summed E-state index contributed by atoms with van der Waals surface area (Å²) < 4.78 is 13.5. The first-order valence-electron chi connectivity index (χ1n) is 9.11. The summed E-state index contributed by atoms with van der Waals surface area (Å²) in [5.41, 5.74) is 10.7. The third kappa shape index (κ3) is 3.55. The molecule has 7 heteroatoms. The molecular weight excluding hydrogens is 388 g/mol. The standard InChI is InChI=1S/C21H20N4OS2/c1-2-3-9-28(26)21-19(22)18-16(14-7-5-4-6-8-14)10-17(25-20(18)27-21)15-11-23-13-24-12-15/h4-8,10-13H,2-3,9,22H2,1H3. The van der Waals surface area contributed by atoms with Crippen LogP contribution in [0.3, 0.4) is 0 Å². The van der Waals surface area contributed by atoms with Crippen molar-refractivity contribution in [2.75, 3.05) is 11.5 Å². The van der Waals surface area contributed by atoms with Gasteiger partial charge in [-0.05, 0) is 23.6 Å². The molecule has 3 aromatic heterocycles. The fourth-order valence-electron chi connectivity index (χ4n) is 3.06. The molecule has 4 aromatic rings. The van der Waals surface area contributed by atoms with Gasteiger partial charge >= 0.3 is 0 Å². The van der Waals surface area contributed by atoms with Crippen molar-refractivity contribution in [3.05, 3.63) is 55.1 Å². The minimum absolute atomic E-state index is 0.580. The molecule has 0 saturated heterocycles. The molecule has 4 rings (SSSR count). The molecular formula is C21H20N4OS2. The Morgan fingerprint density at radius 3 is 2.57 bits per heavy atom. The van der Waals surface area contributed by atoms with Gasteiger partial charge in [0.15, 0.2) is 0 Å². The molecule has 1 aromatic carbocycles. The highest BCUT2D eigenvalue weighted by molar-refractivity contribution is 7.87. The number of anilines is 1. The molecule has 0 amide bonds. The third-order valence-corrected chi connectivity index (χ3v) is 7.49. The van der Waals surface area contributed by atoms with Crippen molar-refractivity contribution < 1.29 is 4.21 Å². The molecule has 5 nitrogen and oxygen atoms in total. The molecule has 0 bridgehead atoms. The van der Waals surface area contributed by atoms with E-state index < -0.39 is 10.8 Å². The zero-order valence-electron chi connectivity index (χ0n) is 15.5. The summed E-state index contributed by atoms with van der Waals surface area (Å²) >= 11 is 1.42. The lowest BCUT2D eigenvalue weighted by atomic mass is 10.0. The molecule has 1 unspecified atom stereocenters. The highest BCUT2D eigenvalue weighted by Gasteiger charge is 2.20. The van der Waals surface area contributed by atoms with Crippen molar-refractivity contribution in [1.82, 2.24) is 15.0 Å². The second kappa shape index (κ2) is 8.16. The Morgan fingerprint density at radius 1 is 1.11 bits per heavy atom. The maximum absolute atomic E-state index is 12.8. The van der Waals surface area contributed by atoms with Gasteiger partial charge in [0.2, 0.25) is 0 Å². The molecule has 0 radical (unpaired) electrons. The Labute approximate surface area is 170 Å². The Bertz CT molecular complexity index is 1130. The number of rotatable bonds is 6. The minimum Gasteiger partial charge on any atom is -0.396 e. The second-order valence-corrected chi connectivity index (χ2v) is 9.20. The van der Waals surface area contributed by atoms with Gasteiger partial charge in [0.25, 0.3) is 0 Å². The fourth-order valence-corrected chi connectivity index (χ4v) is 5.86. The van der Waals surface area contributed by atoms with Crippen LogP contribution in [0.1, 0.15) is 19.8 Å². The number of thiophene rings is 1. The number of hydrogen-bond donors (Lipinski definition) is 1. The summed E-state index contributed by atoms with van der Waals surface area (Å²) in [6, 6.07) is 12.1. The molecule has 0 aliphatic heterocycles. The number of nitrogen functional groups attached to an aromatic ring is 1. The summed E-state index contributed by atoms with van der Waals surface area (Å²) in [5.74, 6) is 0.619. The number of unbranched alkanes of at least 4 members (excludes halogenated alkanes) is 1. The van der Waals surface area contributed by atoms with Gasteiger partial charge in [0, 0.05) is 29.1 Å². The molecule has 1 atom stereocenters. The number of hydrogen-bond acceptors (Lipinski definition) is 6. The Balaban J connectivity index is 1.95. The van der Waals surface area contributed by atoms with E-state index in [9.17, 15) is 4.21 Å². The Morgan fingerprint density at radius 2 is 1.86 bits per heavy atom. The largest absolute Gasteiger partial charge is 0.396 e. The van der Waals surface area contributed by atoms with Crippen molar-refractivity contribution in [3.63, 3.8) is 0 Å². The molecule has 0 fully saturated rings. The third-order valence-electron chi connectivity index (χ3n) is 4.50. The normalized spacial score (nSPS) is 12.3. The van der Waals surface area contributed by atoms with Crippen molar-refractivity contribution in [1.29, 1.82) is 0 Å². The van der Waals surface area contributed by atoms with Crippen LogP contribution in [0.2, 0.25) is 0 Å². The van der Waals surface area contributed by atoms with Crippen molar-refractivity contribution in [3.8, 4) is 22.4 Å². The molecule has 0 aliphatic carbocycles. The van der Waals surface area contributed by atoms with E-state index in [1.807, 2.05) is 36.4 Å². The molecule has 2 N–H and O–H groups in total. The summed E-state index contributed by atoms with van der Waals surface area (Å²) in [6.07, 6.45) is 6.90. The van der Waals surface area contributed by atoms with Gasteiger partial charge in [-0.15, -0.1) is 11.3 Å². The van der Waals surface area contributed by atoms with Crippen LogP contribution in [-0.4, -0.2) is 24.9 Å². The van der Waals surface area contributed by atoms with E-state index in [4.69, 9.17) is 10.7 Å². The number of fused-ring (bicyclic) bond motifs is 1. The van der Waals surface area contributed by atoms with E-state index in [2.05, 4.69) is 16.9 Å². The highest BCUT2D eigenvalue weighted by atomic mass is 32.2. The number of nitrogens with zero attached hydrogens (tertiary/aromatic N) is 3. The van der Waals surface area contributed by atoms with Crippen molar-refractivity contribution in [2.24, 2.45) is 0 Å². The fraction of sp³-hybridized carbons (Fsp3) is 0.190. The number of aromatic nitrogens is 3. The van der Waals surface area contributed by atoms with E-state index in [1.54, 1.807) is 12.4 Å². The lowest BCUT2D eigenvalue weighted by Crippen LogP contribution is -1.99. The predicted octanol–water partition coefficient (Wildman–Crippen LogP) is 4.91. The predicted molar refractivity (Wildman–Crippen MR) is 117 cm³/mol. The van der Waals surface area contributed by atoms with Gasteiger partial charge < -0.3 is 5.73 Å². The van der Waals surface area contributed by atoms with Crippen LogP contribution in [0.5, 0.6) is 0 Å². The molecule has 3 heterocycles. The molecule has 0 spiro atoms. The minimum atomic E-state index is -1.11. The van der Waals surface area contributed by atoms with E-state index in [0.29, 0.717) is 11.4 Å². The van der Waals surface area contributed by atoms with Crippen molar-refractivity contribution >= 4 is 38.0 Å². The molecule has 28 heavy (non-hydrogen) atoms. The van der Waals surface area contributed by atoms with Crippen LogP contribution in [0.4, 0.5) is 5.69 Å². The van der Waals surface area contributed by atoms with E-state index in [0.717, 1.165) is 49.7 Å². The summed E-state index contributed by atoms with van der Waals surface area (Å²) in [4.78, 5) is 13.8. The zero-order valence-corrected chi connectivity index (χ0v) is 17.1. The second-order valence-electron chi connectivity index (χ2n) is 6.43. The van der Waals surface area contributed by atoms with Crippen LogP contribution in [-0.2, 0) is 10.8 Å². The first-order chi connectivity index (χ1) is 13.7. The van der Waals surface area contributed by atoms with Gasteiger partial charge in [0.05, 0.1) is 22.2 Å². The van der Waals surface area contributed by atoms with Gasteiger partial charge in [-0.2, -0.15) is 0 Å². The van der Waals surface area contributed by atoms with Gasteiger partial charge in [0.1, 0.15) is 15.4 Å². The summed E-state index contributed by atoms with van der Waals surface area (Å²) in [6.45, 7) is 2.09. The SMILES string of the molecule is CCCCS(=O)c1sc2nc(-c3cncnc3)cc(-c3ccccc3)c2c1N. The van der Waals surface area contributed by atoms with Gasteiger partial charge in [-0.1, -0.05) is 43.7 Å². The van der Waals surface area contributed by atoms with Crippen molar-refractivity contribution in [2.45, 2.75) is 24.0 Å². The van der Waals surface area contributed by atoms with Crippen LogP contribution in [0.25, 0.3) is 32.6 Å². The van der Waals surface area contributed by atoms with E-state index in [1.165, 1.54) is 17.7 Å². The van der Waals surface area contributed by atoms with Crippen LogP contribution < -0.4 is 5.73 Å². The lowest BCUT2D eigenvalue weighted by Gasteiger charge is -2.08. The monoisotopic (exact) mass is 408 g/mol. The first kappa shape index (κ1) is 18.7. The van der Waals surface area contributed by atoms with Crippen LogP contribution >= 0.6 is 11.3 Å². The van der Waals surface area contributed by atoms with Gasteiger partial charge in [-0.3, -0.25) is 4.21 Å². The maximum atomic E-state index is 12.8. The zero-order chi connectivity index (χ0) is 19.5. The average molecular weight is 409 g/mol. The maximum Gasteiger partial charge on any atom is 0.127 e. The summed E-state index contributed by atoms with van der Waals surface area (Å²) in [5, 5.41) is 0.872. The summed E-state index contributed by atoms with van der Waals surface area (Å²) in [7, 11) is -1.11. The highest BCUT2D eigenvalue weighted by Crippen LogP contribution is 2.42.